The molecule has 0 N–H and O–H groups in total. The van der Waals surface area contributed by atoms with E-state index in [2.05, 4.69) is 23.5 Å². The Hall–Kier alpha value is -2.08. The lowest BCUT2D eigenvalue weighted by molar-refractivity contribution is -0.140. The maximum atomic E-state index is 12.7. The molecule has 0 heterocycles. The molecular formula is C18H28N2O4. The van der Waals surface area contributed by atoms with Crippen molar-refractivity contribution in [2.75, 3.05) is 46.9 Å². The highest BCUT2D eigenvalue weighted by Gasteiger charge is 2.18. The molecule has 0 saturated heterocycles. The van der Waals surface area contributed by atoms with E-state index in [1.165, 1.54) is 7.11 Å². The monoisotopic (exact) mass is 336 g/mol. The predicted molar refractivity (Wildman–Crippen MR) is 93.3 cm³/mol. The number of carbonyl (C=O) groups is 2. The van der Waals surface area contributed by atoms with Crippen LogP contribution in [0.5, 0.6) is 5.75 Å². The van der Waals surface area contributed by atoms with Crippen LogP contribution in [-0.2, 0) is 9.53 Å². The standard InChI is InChI=1S/C18H28N2O4/c1-5-19(6-2)13-14-20(12-11-17(21)24-4)18(22)15-7-9-16(23-3)10-8-15/h7-10H,5-6,11-14H2,1-4H3. The smallest absolute Gasteiger partial charge is 0.307 e. The van der Waals surface area contributed by atoms with E-state index in [4.69, 9.17) is 4.74 Å². The number of hydrogen-bond acceptors (Lipinski definition) is 5. The summed E-state index contributed by atoms with van der Waals surface area (Å²) in [4.78, 5) is 28.1. The van der Waals surface area contributed by atoms with Crippen molar-refractivity contribution in [1.29, 1.82) is 0 Å². The van der Waals surface area contributed by atoms with Gasteiger partial charge in [0.2, 0.25) is 0 Å². The Morgan fingerprint density at radius 3 is 2.08 bits per heavy atom. The maximum absolute atomic E-state index is 12.7. The molecule has 1 aromatic rings. The second kappa shape index (κ2) is 10.6. The first-order chi connectivity index (χ1) is 11.5. The molecule has 0 bridgehead atoms. The van der Waals surface area contributed by atoms with Crippen LogP contribution >= 0.6 is 0 Å². The van der Waals surface area contributed by atoms with E-state index in [9.17, 15) is 9.59 Å². The number of nitrogens with zero attached hydrogens (tertiary/aromatic N) is 2. The zero-order valence-electron chi connectivity index (χ0n) is 15.1. The molecule has 0 aliphatic carbocycles. The molecule has 0 aliphatic heterocycles. The van der Waals surface area contributed by atoms with Gasteiger partial charge in [-0.05, 0) is 37.4 Å². The largest absolute Gasteiger partial charge is 0.497 e. The Kier molecular flexibility index (Phi) is 8.86. The van der Waals surface area contributed by atoms with Gasteiger partial charge in [0.15, 0.2) is 0 Å². The van der Waals surface area contributed by atoms with Gasteiger partial charge in [-0.25, -0.2) is 0 Å². The van der Waals surface area contributed by atoms with Gasteiger partial charge in [0, 0.05) is 25.2 Å². The second-order valence-corrected chi connectivity index (χ2v) is 5.37. The van der Waals surface area contributed by atoms with Crippen molar-refractivity contribution >= 4 is 11.9 Å². The van der Waals surface area contributed by atoms with E-state index < -0.39 is 0 Å². The van der Waals surface area contributed by atoms with Crippen LogP contribution in [-0.4, -0.2) is 68.6 Å². The van der Waals surface area contributed by atoms with Crippen LogP contribution in [0.2, 0.25) is 0 Å². The molecular weight excluding hydrogens is 308 g/mol. The highest BCUT2D eigenvalue weighted by Crippen LogP contribution is 2.13. The topological polar surface area (TPSA) is 59.1 Å². The Bertz CT molecular complexity index is 512. The molecule has 0 aliphatic rings. The molecule has 24 heavy (non-hydrogen) atoms. The van der Waals surface area contributed by atoms with Crippen molar-refractivity contribution in [3.63, 3.8) is 0 Å². The van der Waals surface area contributed by atoms with Gasteiger partial charge >= 0.3 is 5.97 Å². The SMILES string of the molecule is CCN(CC)CCN(CCC(=O)OC)C(=O)c1ccc(OC)cc1. The summed E-state index contributed by atoms with van der Waals surface area (Å²) in [6.45, 7) is 7.73. The van der Waals surface area contributed by atoms with Crippen LogP contribution in [0.4, 0.5) is 0 Å². The van der Waals surface area contributed by atoms with Crippen LogP contribution in [0.15, 0.2) is 24.3 Å². The molecule has 134 valence electrons. The molecule has 0 unspecified atom stereocenters. The molecule has 0 spiro atoms. The van der Waals surface area contributed by atoms with Crippen molar-refractivity contribution in [2.45, 2.75) is 20.3 Å². The van der Waals surface area contributed by atoms with Crippen LogP contribution in [0, 0.1) is 0 Å². The van der Waals surface area contributed by atoms with E-state index in [1.54, 1.807) is 36.3 Å². The second-order valence-electron chi connectivity index (χ2n) is 5.37. The first kappa shape index (κ1) is 20.0. The lowest BCUT2D eigenvalue weighted by atomic mass is 10.2. The molecule has 0 saturated carbocycles. The number of likely N-dealkylation sites (N-methyl/N-ethyl adjacent to an activating group) is 1. The van der Waals surface area contributed by atoms with Crippen LogP contribution in [0.25, 0.3) is 0 Å². The average Bonchev–Trinajstić information content (AvgIpc) is 2.64. The molecule has 1 rings (SSSR count). The maximum Gasteiger partial charge on any atom is 0.307 e. The zero-order valence-corrected chi connectivity index (χ0v) is 15.1. The molecule has 0 radical (unpaired) electrons. The van der Waals surface area contributed by atoms with Crippen LogP contribution in [0.3, 0.4) is 0 Å². The van der Waals surface area contributed by atoms with Gasteiger partial charge in [-0.3, -0.25) is 9.59 Å². The summed E-state index contributed by atoms with van der Waals surface area (Å²) in [7, 11) is 2.94. The van der Waals surface area contributed by atoms with Crippen molar-refractivity contribution < 1.29 is 19.1 Å². The molecule has 0 aromatic heterocycles. The van der Waals surface area contributed by atoms with E-state index in [0.29, 0.717) is 24.4 Å². The number of esters is 1. The third-order valence-corrected chi connectivity index (χ3v) is 4.02. The van der Waals surface area contributed by atoms with Crippen LogP contribution < -0.4 is 4.74 Å². The molecule has 1 aromatic carbocycles. The number of ether oxygens (including phenoxy) is 2. The van der Waals surface area contributed by atoms with Crippen molar-refractivity contribution in [2.24, 2.45) is 0 Å². The number of benzene rings is 1. The highest BCUT2D eigenvalue weighted by molar-refractivity contribution is 5.94. The molecule has 6 nitrogen and oxygen atoms in total. The average molecular weight is 336 g/mol. The van der Waals surface area contributed by atoms with Gasteiger partial charge in [0.25, 0.3) is 5.91 Å². The predicted octanol–water partition coefficient (Wildman–Crippen LogP) is 2.04. The quantitative estimate of drug-likeness (QED) is 0.612. The summed E-state index contributed by atoms with van der Waals surface area (Å²) in [5.74, 6) is 0.301. The molecule has 1 amide bonds. The van der Waals surface area contributed by atoms with E-state index in [1.807, 2.05) is 0 Å². The minimum atomic E-state index is -0.314. The molecule has 0 atom stereocenters. The lowest BCUT2D eigenvalue weighted by Crippen LogP contribution is -2.39. The van der Waals surface area contributed by atoms with Gasteiger partial charge in [-0.2, -0.15) is 0 Å². The van der Waals surface area contributed by atoms with Gasteiger partial charge < -0.3 is 19.3 Å². The fourth-order valence-electron chi connectivity index (χ4n) is 2.36. The van der Waals surface area contributed by atoms with Crippen LogP contribution in [0.1, 0.15) is 30.6 Å². The normalized spacial score (nSPS) is 10.5. The summed E-state index contributed by atoms with van der Waals surface area (Å²) in [5, 5.41) is 0. The van der Waals surface area contributed by atoms with Crippen molar-refractivity contribution in [3.8, 4) is 5.75 Å². The Balaban J connectivity index is 2.80. The zero-order chi connectivity index (χ0) is 17.9. The minimum absolute atomic E-state index is 0.0892. The van der Waals surface area contributed by atoms with Gasteiger partial charge in [0.05, 0.1) is 20.6 Å². The van der Waals surface area contributed by atoms with Gasteiger partial charge in [-0.15, -0.1) is 0 Å². The first-order valence-electron chi connectivity index (χ1n) is 8.28. The Morgan fingerprint density at radius 2 is 1.58 bits per heavy atom. The fraction of sp³-hybridized carbons (Fsp3) is 0.556. The number of amides is 1. The summed E-state index contributed by atoms with van der Waals surface area (Å²) in [6.07, 6.45) is 0.191. The number of methoxy groups -OCH3 is 2. The third-order valence-electron chi connectivity index (χ3n) is 4.02. The number of carbonyl (C=O) groups excluding carboxylic acids is 2. The number of hydrogen-bond donors (Lipinski definition) is 0. The van der Waals surface area contributed by atoms with Gasteiger partial charge in [-0.1, -0.05) is 13.8 Å². The molecule has 6 heteroatoms. The highest BCUT2D eigenvalue weighted by atomic mass is 16.5. The summed E-state index contributed by atoms with van der Waals surface area (Å²) < 4.78 is 9.80. The lowest BCUT2D eigenvalue weighted by Gasteiger charge is -2.26. The number of rotatable bonds is 10. The van der Waals surface area contributed by atoms with Crippen molar-refractivity contribution in [3.05, 3.63) is 29.8 Å². The summed E-state index contributed by atoms with van der Waals surface area (Å²) in [6, 6.07) is 7.00. The Morgan fingerprint density at radius 1 is 0.958 bits per heavy atom. The summed E-state index contributed by atoms with van der Waals surface area (Å²) >= 11 is 0. The fourth-order valence-corrected chi connectivity index (χ4v) is 2.36. The summed E-state index contributed by atoms with van der Waals surface area (Å²) in [5.41, 5.74) is 0.584. The minimum Gasteiger partial charge on any atom is -0.497 e. The Labute approximate surface area is 144 Å². The van der Waals surface area contributed by atoms with E-state index in [-0.39, 0.29) is 18.3 Å². The molecule has 0 fully saturated rings. The van der Waals surface area contributed by atoms with Crippen molar-refractivity contribution in [1.82, 2.24) is 9.80 Å². The van der Waals surface area contributed by atoms with E-state index in [0.717, 1.165) is 19.6 Å². The van der Waals surface area contributed by atoms with E-state index >= 15 is 0 Å². The first-order valence-corrected chi connectivity index (χ1v) is 8.28. The van der Waals surface area contributed by atoms with Gasteiger partial charge in [0.1, 0.15) is 5.75 Å². The third kappa shape index (κ3) is 6.20.